The van der Waals surface area contributed by atoms with Gasteiger partial charge in [-0.15, -0.1) is 0 Å². The number of hydrogen-bond acceptors (Lipinski definition) is 8. The lowest BCUT2D eigenvalue weighted by Crippen LogP contribution is -2.32. The third-order valence-corrected chi connectivity index (χ3v) is 6.50. The highest BCUT2D eigenvalue weighted by molar-refractivity contribution is 9.10. The van der Waals surface area contributed by atoms with E-state index in [0.717, 1.165) is 12.1 Å². The topological polar surface area (TPSA) is 137 Å². The maximum absolute atomic E-state index is 12.9. The monoisotopic (exact) mass is 490 g/mol. The third kappa shape index (κ3) is 3.56. The number of benzene rings is 2. The van der Waals surface area contributed by atoms with Gasteiger partial charge in [-0.05, 0) is 26.1 Å². The molecule has 0 aliphatic carbocycles. The summed E-state index contributed by atoms with van der Waals surface area (Å²) in [7, 11) is 1.85. The molecule has 0 radical (unpaired) electrons. The van der Waals surface area contributed by atoms with Gasteiger partial charge in [0.1, 0.15) is 28.2 Å². The molecule has 2 aromatic carbocycles. The van der Waals surface area contributed by atoms with Gasteiger partial charge in [-0.1, -0.05) is 15.9 Å². The first-order valence-electron chi connectivity index (χ1n) is 9.51. The second-order valence-corrected chi connectivity index (χ2v) is 8.41. The molecule has 1 saturated heterocycles. The summed E-state index contributed by atoms with van der Waals surface area (Å²) in [6, 6.07) is 6.01. The average Bonchev–Trinajstić information content (AvgIpc) is 3.07. The molecule has 3 aromatic rings. The number of fused-ring (bicyclic) bond motifs is 1. The molecule has 4 rings (SSSR count). The van der Waals surface area contributed by atoms with Crippen LogP contribution in [0.3, 0.4) is 0 Å². The molecular weight excluding hydrogens is 472 g/mol. The Labute approximate surface area is 184 Å². The van der Waals surface area contributed by atoms with Crippen LogP contribution in [0.2, 0.25) is 0 Å². The van der Waals surface area contributed by atoms with Gasteiger partial charge < -0.3 is 24.6 Å². The quantitative estimate of drug-likeness (QED) is 0.374. The van der Waals surface area contributed by atoms with Crippen LogP contribution in [0, 0.1) is 10.1 Å². The molecule has 2 atom stereocenters. The fourth-order valence-electron chi connectivity index (χ4n) is 4.24. The van der Waals surface area contributed by atoms with E-state index >= 15 is 0 Å². The number of halogens is 1. The number of likely N-dealkylation sites (N-methyl/N-ethyl adjacent to an activating group) is 1. The Bertz CT molecular complexity index is 1260. The minimum Gasteiger partial charge on any atom is -0.507 e. The van der Waals surface area contributed by atoms with Gasteiger partial charge in [0.05, 0.1) is 11.5 Å². The zero-order valence-electron chi connectivity index (χ0n) is 16.4. The Kier molecular flexibility index (Phi) is 5.46. The first-order chi connectivity index (χ1) is 14.7. The summed E-state index contributed by atoms with van der Waals surface area (Å²) in [6.45, 7) is 0.501. The van der Waals surface area contributed by atoms with Crippen molar-refractivity contribution in [3.05, 3.63) is 60.7 Å². The molecule has 0 unspecified atom stereocenters. The van der Waals surface area contributed by atoms with Crippen molar-refractivity contribution in [1.82, 2.24) is 4.90 Å². The minimum atomic E-state index is -0.557. The second-order valence-electron chi connectivity index (χ2n) is 7.55. The van der Waals surface area contributed by atoms with Crippen LogP contribution in [-0.4, -0.2) is 51.4 Å². The Morgan fingerprint density at radius 3 is 2.68 bits per heavy atom. The number of hydrogen-bond donors (Lipinski definition) is 3. The van der Waals surface area contributed by atoms with Gasteiger partial charge in [-0.3, -0.25) is 14.9 Å². The first-order valence-corrected chi connectivity index (χ1v) is 10.3. The molecular formula is C21H19BrN2O7. The van der Waals surface area contributed by atoms with E-state index in [1.165, 1.54) is 18.2 Å². The van der Waals surface area contributed by atoms with Gasteiger partial charge in [0.25, 0.3) is 5.69 Å². The van der Waals surface area contributed by atoms with Crippen LogP contribution in [0.5, 0.6) is 11.5 Å². The number of phenolic OH excluding ortho intramolecular Hbond substituents is 2. The Morgan fingerprint density at radius 2 is 2.00 bits per heavy atom. The van der Waals surface area contributed by atoms with E-state index in [1.54, 1.807) is 0 Å². The van der Waals surface area contributed by atoms with Crippen LogP contribution >= 0.6 is 15.9 Å². The molecule has 3 N–H and O–H groups in total. The normalized spacial score (nSPS) is 19.2. The maximum atomic E-state index is 12.9. The number of aliphatic hydroxyl groups excluding tert-OH is 1. The zero-order valence-corrected chi connectivity index (χ0v) is 18.0. The van der Waals surface area contributed by atoms with Crippen molar-refractivity contribution < 1.29 is 24.7 Å². The number of rotatable bonds is 4. The molecule has 162 valence electrons. The van der Waals surface area contributed by atoms with E-state index < -0.39 is 16.1 Å². The highest BCUT2D eigenvalue weighted by atomic mass is 79.9. The van der Waals surface area contributed by atoms with Crippen LogP contribution in [0.15, 0.2) is 44.0 Å². The van der Waals surface area contributed by atoms with Crippen LogP contribution in [0.4, 0.5) is 5.69 Å². The van der Waals surface area contributed by atoms with Crippen molar-refractivity contribution in [1.29, 1.82) is 0 Å². The lowest BCUT2D eigenvalue weighted by molar-refractivity contribution is -0.384. The van der Waals surface area contributed by atoms with E-state index in [1.807, 2.05) is 11.9 Å². The van der Waals surface area contributed by atoms with Crippen LogP contribution in [-0.2, 0) is 0 Å². The fourth-order valence-corrected chi connectivity index (χ4v) is 4.68. The molecule has 0 spiro atoms. The Balaban J connectivity index is 2.02. The summed E-state index contributed by atoms with van der Waals surface area (Å²) < 4.78 is 6.48. The molecule has 0 saturated carbocycles. The van der Waals surface area contributed by atoms with Gasteiger partial charge in [0.2, 0.25) is 0 Å². The molecule has 31 heavy (non-hydrogen) atoms. The number of nitrogens with zero attached hydrogens (tertiary/aromatic N) is 2. The van der Waals surface area contributed by atoms with E-state index in [-0.39, 0.29) is 52.3 Å². The predicted octanol–water partition coefficient (Wildman–Crippen LogP) is 3.32. The molecule has 10 heteroatoms. The predicted molar refractivity (Wildman–Crippen MR) is 116 cm³/mol. The van der Waals surface area contributed by atoms with Gasteiger partial charge >= 0.3 is 0 Å². The SMILES string of the molecule is CN1CC[C@H](c2c(O)cc(O)c3c(=O)cc(-c4cc([N+](=O)[O-])ccc4Br)oc23)[C@H]1CO. The summed E-state index contributed by atoms with van der Waals surface area (Å²) in [5, 5.41) is 41.9. The number of likely N-dealkylation sites (tertiary alicyclic amines) is 1. The van der Waals surface area contributed by atoms with Crippen molar-refractivity contribution in [3.63, 3.8) is 0 Å². The summed E-state index contributed by atoms with van der Waals surface area (Å²) in [6.07, 6.45) is 0.601. The maximum Gasteiger partial charge on any atom is 0.270 e. The number of non-ortho nitro benzene ring substituents is 1. The molecule has 0 amide bonds. The molecule has 0 bridgehead atoms. The highest BCUT2D eigenvalue weighted by Gasteiger charge is 2.36. The minimum absolute atomic E-state index is 0.00263. The van der Waals surface area contributed by atoms with Crippen molar-refractivity contribution in [3.8, 4) is 22.8 Å². The smallest absolute Gasteiger partial charge is 0.270 e. The zero-order chi connectivity index (χ0) is 22.4. The van der Waals surface area contributed by atoms with Gasteiger partial charge in [0.15, 0.2) is 5.43 Å². The standard InChI is InChI=1S/C21H19BrN2O7/c1-23-5-4-11(14(23)9-25)19-15(26)7-16(27)20-17(28)8-18(31-21(19)20)12-6-10(24(29)30)2-3-13(12)22/h2-3,6-8,11,14,25-27H,4-5,9H2,1H3/t11-,14+/m0/s1. The number of nitro groups is 1. The fraction of sp³-hybridized carbons (Fsp3) is 0.286. The summed E-state index contributed by atoms with van der Waals surface area (Å²) in [4.78, 5) is 25.5. The highest BCUT2D eigenvalue weighted by Crippen LogP contribution is 2.44. The Hall–Kier alpha value is -2.95. The molecule has 9 nitrogen and oxygen atoms in total. The van der Waals surface area contributed by atoms with Crippen LogP contribution in [0.1, 0.15) is 17.9 Å². The third-order valence-electron chi connectivity index (χ3n) is 5.81. The van der Waals surface area contributed by atoms with E-state index in [9.17, 15) is 30.2 Å². The first kappa shape index (κ1) is 21.3. The average molecular weight is 491 g/mol. The van der Waals surface area contributed by atoms with Crippen molar-refractivity contribution >= 4 is 32.6 Å². The summed E-state index contributed by atoms with van der Waals surface area (Å²) in [5.74, 6) is -0.972. The van der Waals surface area contributed by atoms with E-state index in [2.05, 4.69) is 15.9 Å². The van der Waals surface area contributed by atoms with Gasteiger partial charge in [0, 0.05) is 51.8 Å². The van der Waals surface area contributed by atoms with Crippen molar-refractivity contribution in [2.24, 2.45) is 0 Å². The molecule has 1 aliphatic heterocycles. The van der Waals surface area contributed by atoms with E-state index in [0.29, 0.717) is 23.0 Å². The molecule has 1 aliphatic rings. The molecule has 2 heterocycles. The van der Waals surface area contributed by atoms with E-state index in [4.69, 9.17) is 4.42 Å². The van der Waals surface area contributed by atoms with Crippen molar-refractivity contribution in [2.45, 2.75) is 18.4 Å². The number of phenols is 2. The summed E-state index contributed by atoms with van der Waals surface area (Å²) in [5.41, 5.74) is -0.143. The van der Waals surface area contributed by atoms with Gasteiger partial charge in [-0.2, -0.15) is 0 Å². The molecule has 1 aromatic heterocycles. The number of aliphatic hydroxyl groups is 1. The van der Waals surface area contributed by atoms with Crippen LogP contribution < -0.4 is 5.43 Å². The van der Waals surface area contributed by atoms with Crippen molar-refractivity contribution in [2.75, 3.05) is 20.2 Å². The largest absolute Gasteiger partial charge is 0.507 e. The van der Waals surface area contributed by atoms with Gasteiger partial charge in [-0.25, -0.2) is 0 Å². The van der Waals surface area contributed by atoms with Crippen LogP contribution in [0.25, 0.3) is 22.3 Å². The lowest BCUT2D eigenvalue weighted by atomic mass is 9.89. The number of nitro benzene ring substituents is 1. The molecule has 1 fully saturated rings. The summed E-state index contributed by atoms with van der Waals surface area (Å²) >= 11 is 3.32. The Morgan fingerprint density at radius 1 is 1.26 bits per heavy atom. The lowest BCUT2D eigenvalue weighted by Gasteiger charge is -2.24. The number of aromatic hydroxyl groups is 2. The second kappa shape index (κ2) is 7.95.